The molecule has 1 unspecified atom stereocenters. The second kappa shape index (κ2) is 7.49. The molecular formula is C16H34N2. The van der Waals surface area contributed by atoms with Crippen molar-refractivity contribution in [2.24, 2.45) is 5.92 Å². The van der Waals surface area contributed by atoms with Gasteiger partial charge >= 0.3 is 0 Å². The smallest absolute Gasteiger partial charge is 0.0215 e. The number of hydrogen-bond donors (Lipinski definition) is 1. The Morgan fingerprint density at radius 3 is 2.28 bits per heavy atom. The van der Waals surface area contributed by atoms with Crippen LogP contribution in [0.3, 0.4) is 0 Å². The standard InChI is InChI=1S/C16H34N2/c1-6-15(12-17-16(2,3)4)18(5)13-14-10-8-7-9-11-14/h14-15,17H,6-13H2,1-5H3. The second-order valence-electron chi connectivity index (χ2n) is 7.14. The van der Waals surface area contributed by atoms with Crippen molar-refractivity contribution in [1.29, 1.82) is 0 Å². The summed E-state index contributed by atoms with van der Waals surface area (Å²) in [7, 11) is 2.31. The molecule has 108 valence electrons. The Balaban J connectivity index is 2.33. The largest absolute Gasteiger partial charge is 0.311 e. The predicted molar refractivity (Wildman–Crippen MR) is 81.0 cm³/mol. The lowest BCUT2D eigenvalue weighted by molar-refractivity contribution is 0.168. The molecule has 0 aromatic carbocycles. The van der Waals surface area contributed by atoms with Crippen molar-refractivity contribution in [3.05, 3.63) is 0 Å². The van der Waals surface area contributed by atoms with E-state index in [4.69, 9.17) is 0 Å². The molecule has 18 heavy (non-hydrogen) atoms. The first-order valence-corrected chi connectivity index (χ1v) is 7.87. The first-order chi connectivity index (χ1) is 8.42. The first-order valence-electron chi connectivity index (χ1n) is 7.87. The average Bonchev–Trinajstić information content (AvgIpc) is 2.29. The van der Waals surface area contributed by atoms with E-state index in [1.807, 2.05) is 0 Å². The Kier molecular flexibility index (Phi) is 6.65. The van der Waals surface area contributed by atoms with Crippen molar-refractivity contribution >= 4 is 0 Å². The van der Waals surface area contributed by atoms with E-state index in [2.05, 4.69) is 45.0 Å². The summed E-state index contributed by atoms with van der Waals surface area (Å²) in [5.41, 5.74) is 0.235. The molecule has 1 rings (SSSR count). The number of nitrogens with one attached hydrogen (secondary N) is 1. The summed E-state index contributed by atoms with van der Waals surface area (Å²) >= 11 is 0. The van der Waals surface area contributed by atoms with Gasteiger partial charge in [-0.25, -0.2) is 0 Å². The highest BCUT2D eigenvalue weighted by Gasteiger charge is 2.20. The van der Waals surface area contributed by atoms with E-state index in [0.29, 0.717) is 6.04 Å². The van der Waals surface area contributed by atoms with Gasteiger partial charge in [0.2, 0.25) is 0 Å². The zero-order valence-electron chi connectivity index (χ0n) is 13.3. The maximum atomic E-state index is 3.65. The summed E-state index contributed by atoms with van der Waals surface area (Å²) < 4.78 is 0. The highest BCUT2D eigenvalue weighted by atomic mass is 15.2. The molecule has 0 bridgehead atoms. The van der Waals surface area contributed by atoms with Gasteiger partial charge in [0.25, 0.3) is 0 Å². The Labute approximate surface area is 115 Å². The van der Waals surface area contributed by atoms with Crippen molar-refractivity contribution in [3.8, 4) is 0 Å². The van der Waals surface area contributed by atoms with Crippen LogP contribution in [0.4, 0.5) is 0 Å². The van der Waals surface area contributed by atoms with Gasteiger partial charge < -0.3 is 10.2 Å². The molecule has 0 saturated heterocycles. The summed E-state index contributed by atoms with van der Waals surface area (Å²) in [4.78, 5) is 2.59. The minimum atomic E-state index is 0.235. The first kappa shape index (κ1) is 16.0. The molecule has 1 saturated carbocycles. The topological polar surface area (TPSA) is 15.3 Å². The predicted octanol–water partition coefficient (Wildman–Crippen LogP) is 3.67. The monoisotopic (exact) mass is 254 g/mol. The van der Waals surface area contributed by atoms with E-state index in [1.165, 1.54) is 45.1 Å². The van der Waals surface area contributed by atoms with Gasteiger partial charge in [-0.1, -0.05) is 26.2 Å². The van der Waals surface area contributed by atoms with Crippen molar-refractivity contribution in [2.75, 3.05) is 20.1 Å². The highest BCUT2D eigenvalue weighted by molar-refractivity contribution is 4.79. The lowest BCUT2D eigenvalue weighted by Crippen LogP contribution is -2.47. The summed E-state index contributed by atoms with van der Waals surface area (Å²) in [6.45, 7) is 11.5. The lowest BCUT2D eigenvalue weighted by Gasteiger charge is -2.34. The molecule has 1 atom stereocenters. The quantitative estimate of drug-likeness (QED) is 0.778. The third-order valence-corrected chi connectivity index (χ3v) is 4.23. The van der Waals surface area contributed by atoms with Gasteiger partial charge in [0, 0.05) is 24.7 Å². The Hall–Kier alpha value is -0.0800. The van der Waals surface area contributed by atoms with E-state index in [0.717, 1.165) is 12.5 Å². The number of nitrogens with zero attached hydrogens (tertiary/aromatic N) is 1. The molecule has 0 aromatic rings. The molecule has 1 aliphatic rings. The van der Waals surface area contributed by atoms with E-state index in [-0.39, 0.29) is 5.54 Å². The summed E-state index contributed by atoms with van der Waals surface area (Å²) in [6.07, 6.45) is 8.52. The second-order valence-corrected chi connectivity index (χ2v) is 7.14. The van der Waals surface area contributed by atoms with Gasteiger partial charge in [0.15, 0.2) is 0 Å². The lowest BCUT2D eigenvalue weighted by atomic mass is 9.88. The molecule has 1 N–H and O–H groups in total. The molecule has 2 nitrogen and oxygen atoms in total. The number of likely N-dealkylation sites (N-methyl/N-ethyl adjacent to an activating group) is 1. The number of hydrogen-bond acceptors (Lipinski definition) is 2. The highest BCUT2D eigenvalue weighted by Crippen LogP contribution is 2.24. The third-order valence-electron chi connectivity index (χ3n) is 4.23. The Morgan fingerprint density at radius 2 is 1.78 bits per heavy atom. The van der Waals surface area contributed by atoms with E-state index in [1.54, 1.807) is 0 Å². The van der Waals surface area contributed by atoms with Crippen LogP contribution in [0.15, 0.2) is 0 Å². The number of rotatable bonds is 6. The zero-order valence-corrected chi connectivity index (χ0v) is 13.3. The maximum absolute atomic E-state index is 3.65. The molecule has 0 aromatic heterocycles. The van der Waals surface area contributed by atoms with Gasteiger partial charge in [0.05, 0.1) is 0 Å². The van der Waals surface area contributed by atoms with Crippen LogP contribution in [0.1, 0.15) is 66.2 Å². The van der Waals surface area contributed by atoms with E-state index in [9.17, 15) is 0 Å². The molecule has 1 fully saturated rings. The maximum Gasteiger partial charge on any atom is 0.0215 e. The van der Waals surface area contributed by atoms with Gasteiger partial charge in [-0.15, -0.1) is 0 Å². The SMILES string of the molecule is CCC(CNC(C)(C)C)N(C)CC1CCCCC1. The molecule has 1 aliphatic carbocycles. The summed E-state index contributed by atoms with van der Waals surface area (Å²) in [6, 6.07) is 0.686. The van der Waals surface area contributed by atoms with Gasteiger partial charge in [0.1, 0.15) is 0 Å². The zero-order chi connectivity index (χ0) is 13.6. The fraction of sp³-hybridized carbons (Fsp3) is 1.00. The van der Waals surface area contributed by atoms with E-state index >= 15 is 0 Å². The molecule has 0 radical (unpaired) electrons. The average molecular weight is 254 g/mol. The normalized spacial score (nSPS) is 20.3. The minimum Gasteiger partial charge on any atom is -0.311 e. The van der Waals surface area contributed by atoms with Crippen LogP contribution in [-0.4, -0.2) is 36.6 Å². The molecule has 0 spiro atoms. The molecule has 0 heterocycles. The molecule has 0 amide bonds. The molecular weight excluding hydrogens is 220 g/mol. The summed E-state index contributed by atoms with van der Waals surface area (Å²) in [5.74, 6) is 0.951. The Morgan fingerprint density at radius 1 is 1.17 bits per heavy atom. The van der Waals surface area contributed by atoms with E-state index < -0.39 is 0 Å². The van der Waals surface area contributed by atoms with Gasteiger partial charge in [-0.3, -0.25) is 0 Å². The van der Waals surface area contributed by atoms with Crippen molar-refractivity contribution < 1.29 is 0 Å². The van der Waals surface area contributed by atoms with Crippen molar-refractivity contribution in [1.82, 2.24) is 10.2 Å². The van der Waals surface area contributed by atoms with Crippen LogP contribution in [0.2, 0.25) is 0 Å². The van der Waals surface area contributed by atoms with Crippen LogP contribution in [-0.2, 0) is 0 Å². The van der Waals surface area contributed by atoms with Gasteiger partial charge in [-0.05, 0) is 53.0 Å². The molecule has 0 aliphatic heterocycles. The van der Waals surface area contributed by atoms with Crippen LogP contribution in [0.25, 0.3) is 0 Å². The molecule has 2 heteroatoms. The Bertz CT molecular complexity index is 214. The van der Waals surface area contributed by atoms with Crippen LogP contribution in [0.5, 0.6) is 0 Å². The van der Waals surface area contributed by atoms with Crippen molar-refractivity contribution in [3.63, 3.8) is 0 Å². The fourth-order valence-electron chi connectivity index (χ4n) is 2.96. The van der Waals surface area contributed by atoms with Crippen LogP contribution >= 0.6 is 0 Å². The fourth-order valence-corrected chi connectivity index (χ4v) is 2.96. The van der Waals surface area contributed by atoms with Crippen molar-refractivity contribution in [2.45, 2.75) is 77.8 Å². The minimum absolute atomic E-state index is 0.235. The van der Waals surface area contributed by atoms with Crippen LogP contribution < -0.4 is 5.32 Å². The van der Waals surface area contributed by atoms with Crippen LogP contribution in [0, 0.1) is 5.92 Å². The van der Waals surface area contributed by atoms with Gasteiger partial charge in [-0.2, -0.15) is 0 Å². The summed E-state index contributed by atoms with van der Waals surface area (Å²) in [5, 5.41) is 3.65. The third kappa shape index (κ3) is 6.19.